The SMILES string of the molecule is Cl.Fc1cccc(Cl)c1CN1CCC2(CCNC2)C1. The van der Waals surface area contributed by atoms with Crippen molar-refractivity contribution < 1.29 is 4.39 Å². The summed E-state index contributed by atoms with van der Waals surface area (Å²) in [5.41, 5.74) is 1.07. The lowest BCUT2D eigenvalue weighted by molar-refractivity contribution is 0.266. The second-order valence-corrected chi connectivity index (χ2v) is 5.99. The van der Waals surface area contributed by atoms with Gasteiger partial charge in [-0.25, -0.2) is 4.39 Å². The molecule has 0 amide bonds. The van der Waals surface area contributed by atoms with Crippen molar-refractivity contribution in [3.63, 3.8) is 0 Å². The Balaban J connectivity index is 0.00000133. The van der Waals surface area contributed by atoms with Gasteiger partial charge in [-0.3, -0.25) is 4.90 Å². The highest BCUT2D eigenvalue weighted by molar-refractivity contribution is 6.31. The topological polar surface area (TPSA) is 15.3 Å². The van der Waals surface area contributed by atoms with E-state index in [0.29, 0.717) is 22.5 Å². The van der Waals surface area contributed by atoms with Gasteiger partial charge in [-0.2, -0.15) is 0 Å². The van der Waals surface area contributed by atoms with E-state index in [1.54, 1.807) is 12.1 Å². The Bertz CT molecular complexity index is 427. The Morgan fingerprint density at radius 2 is 2.21 bits per heavy atom. The van der Waals surface area contributed by atoms with Gasteiger partial charge in [0.15, 0.2) is 0 Å². The quantitative estimate of drug-likeness (QED) is 0.903. The summed E-state index contributed by atoms with van der Waals surface area (Å²) in [6, 6.07) is 4.92. The average molecular weight is 305 g/mol. The Labute approximate surface area is 124 Å². The molecule has 2 nitrogen and oxygen atoms in total. The molecule has 0 aliphatic carbocycles. The van der Waals surface area contributed by atoms with Gasteiger partial charge < -0.3 is 5.32 Å². The normalized spacial score (nSPS) is 26.8. The summed E-state index contributed by atoms with van der Waals surface area (Å²) in [6.07, 6.45) is 2.46. The standard InChI is InChI=1S/C14H18ClFN2.ClH/c15-12-2-1-3-13(16)11(12)8-18-7-5-14(10-18)4-6-17-9-14;/h1-3,17H,4-10H2;1H. The molecule has 1 unspecified atom stereocenters. The van der Waals surface area contributed by atoms with E-state index in [-0.39, 0.29) is 18.2 Å². The van der Waals surface area contributed by atoms with Crippen molar-refractivity contribution in [1.29, 1.82) is 0 Å². The van der Waals surface area contributed by atoms with Crippen molar-refractivity contribution in [3.05, 3.63) is 34.6 Å². The number of rotatable bonds is 2. The van der Waals surface area contributed by atoms with Crippen LogP contribution in [0.3, 0.4) is 0 Å². The minimum atomic E-state index is -0.187. The molecule has 2 fully saturated rings. The van der Waals surface area contributed by atoms with Crippen LogP contribution >= 0.6 is 24.0 Å². The van der Waals surface area contributed by atoms with Crippen molar-refractivity contribution >= 4 is 24.0 Å². The highest BCUT2D eigenvalue weighted by Gasteiger charge is 2.40. The van der Waals surface area contributed by atoms with Crippen LogP contribution in [0.1, 0.15) is 18.4 Å². The van der Waals surface area contributed by atoms with Gasteiger partial charge in [0.05, 0.1) is 0 Å². The summed E-state index contributed by atoms with van der Waals surface area (Å²) in [5, 5.41) is 3.98. The van der Waals surface area contributed by atoms with Crippen molar-refractivity contribution in [2.24, 2.45) is 5.41 Å². The van der Waals surface area contributed by atoms with E-state index in [0.717, 1.165) is 26.2 Å². The molecule has 2 saturated heterocycles. The van der Waals surface area contributed by atoms with E-state index in [2.05, 4.69) is 10.2 Å². The third-order valence-corrected chi connectivity index (χ3v) is 4.65. The number of benzene rings is 1. The van der Waals surface area contributed by atoms with Crippen molar-refractivity contribution in [2.45, 2.75) is 19.4 Å². The second kappa shape index (κ2) is 5.96. The van der Waals surface area contributed by atoms with E-state index in [9.17, 15) is 4.39 Å². The molecule has 1 N–H and O–H groups in total. The smallest absolute Gasteiger partial charge is 0.129 e. The summed E-state index contributed by atoms with van der Waals surface area (Å²) in [5.74, 6) is -0.187. The molecule has 1 aromatic carbocycles. The molecule has 1 spiro atoms. The zero-order valence-electron chi connectivity index (χ0n) is 10.8. The largest absolute Gasteiger partial charge is 0.316 e. The van der Waals surface area contributed by atoms with Crippen LogP contribution in [-0.2, 0) is 6.54 Å². The lowest BCUT2D eigenvalue weighted by Crippen LogP contribution is -2.29. The predicted octanol–water partition coefficient (Wildman–Crippen LogP) is 3.09. The van der Waals surface area contributed by atoms with Gasteiger partial charge in [-0.1, -0.05) is 17.7 Å². The van der Waals surface area contributed by atoms with E-state index < -0.39 is 0 Å². The molecular weight excluding hydrogens is 286 g/mol. The number of halogens is 3. The van der Waals surface area contributed by atoms with Gasteiger partial charge in [0, 0.05) is 30.2 Å². The minimum Gasteiger partial charge on any atom is -0.316 e. The minimum absolute atomic E-state index is 0. The third-order valence-electron chi connectivity index (χ3n) is 4.29. The summed E-state index contributed by atoms with van der Waals surface area (Å²) in [4.78, 5) is 2.33. The van der Waals surface area contributed by atoms with E-state index in [4.69, 9.17) is 11.6 Å². The maximum Gasteiger partial charge on any atom is 0.129 e. The van der Waals surface area contributed by atoms with Crippen LogP contribution in [0.15, 0.2) is 18.2 Å². The average Bonchev–Trinajstić information content (AvgIpc) is 2.96. The highest BCUT2D eigenvalue weighted by atomic mass is 35.5. The lowest BCUT2D eigenvalue weighted by atomic mass is 9.86. The molecule has 5 heteroatoms. The molecule has 0 aromatic heterocycles. The number of nitrogens with zero attached hydrogens (tertiary/aromatic N) is 1. The fourth-order valence-electron chi connectivity index (χ4n) is 3.21. The van der Waals surface area contributed by atoms with Gasteiger partial charge >= 0.3 is 0 Å². The molecule has 0 bridgehead atoms. The molecular formula is C14H19Cl2FN2. The first kappa shape index (κ1) is 15.0. The number of hydrogen-bond donors (Lipinski definition) is 1. The first-order chi connectivity index (χ1) is 8.69. The number of nitrogens with one attached hydrogen (secondary N) is 1. The van der Waals surface area contributed by atoms with Crippen LogP contribution in [-0.4, -0.2) is 31.1 Å². The molecule has 19 heavy (non-hydrogen) atoms. The summed E-state index contributed by atoms with van der Waals surface area (Å²) in [7, 11) is 0. The van der Waals surface area contributed by atoms with Crippen LogP contribution < -0.4 is 5.32 Å². The van der Waals surface area contributed by atoms with Gasteiger partial charge in [-0.15, -0.1) is 12.4 Å². The number of likely N-dealkylation sites (tertiary alicyclic amines) is 1. The highest BCUT2D eigenvalue weighted by Crippen LogP contribution is 2.37. The predicted molar refractivity (Wildman–Crippen MR) is 78.5 cm³/mol. The van der Waals surface area contributed by atoms with Gasteiger partial charge in [-0.05, 0) is 43.5 Å². The van der Waals surface area contributed by atoms with Crippen LogP contribution in [0.2, 0.25) is 5.02 Å². The first-order valence-electron chi connectivity index (χ1n) is 6.55. The van der Waals surface area contributed by atoms with Crippen molar-refractivity contribution in [2.75, 3.05) is 26.2 Å². The Morgan fingerprint density at radius 1 is 1.37 bits per heavy atom. The molecule has 1 atom stereocenters. The Morgan fingerprint density at radius 3 is 2.89 bits per heavy atom. The molecule has 0 saturated carbocycles. The molecule has 2 heterocycles. The molecule has 2 aliphatic rings. The summed E-state index contributed by atoms with van der Waals surface area (Å²) >= 11 is 6.08. The maximum atomic E-state index is 13.7. The lowest BCUT2D eigenvalue weighted by Gasteiger charge is -2.23. The molecule has 106 valence electrons. The van der Waals surface area contributed by atoms with E-state index in [1.807, 2.05) is 0 Å². The monoisotopic (exact) mass is 304 g/mol. The van der Waals surface area contributed by atoms with Crippen LogP contribution in [0.5, 0.6) is 0 Å². The molecule has 3 rings (SSSR count). The number of hydrogen-bond acceptors (Lipinski definition) is 2. The summed E-state index contributed by atoms with van der Waals surface area (Å²) < 4.78 is 13.7. The first-order valence-corrected chi connectivity index (χ1v) is 6.92. The fraction of sp³-hybridized carbons (Fsp3) is 0.571. The summed E-state index contributed by atoms with van der Waals surface area (Å²) in [6.45, 7) is 4.97. The van der Waals surface area contributed by atoms with E-state index in [1.165, 1.54) is 18.9 Å². The van der Waals surface area contributed by atoms with Crippen LogP contribution in [0.25, 0.3) is 0 Å². The Hall–Kier alpha value is -0.350. The maximum absolute atomic E-state index is 13.7. The zero-order valence-corrected chi connectivity index (χ0v) is 12.4. The van der Waals surface area contributed by atoms with Gasteiger partial charge in [0.2, 0.25) is 0 Å². The Kier molecular flexibility index (Phi) is 4.72. The molecule has 1 aromatic rings. The van der Waals surface area contributed by atoms with E-state index >= 15 is 0 Å². The van der Waals surface area contributed by atoms with Gasteiger partial charge in [0.25, 0.3) is 0 Å². The van der Waals surface area contributed by atoms with Crippen molar-refractivity contribution in [3.8, 4) is 0 Å². The van der Waals surface area contributed by atoms with Gasteiger partial charge in [0.1, 0.15) is 5.82 Å². The zero-order chi connectivity index (χ0) is 12.6. The second-order valence-electron chi connectivity index (χ2n) is 5.59. The van der Waals surface area contributed by atoms with Crippen molar-refractivity contribution in [1.82, 2.24) is 10.2 Å². The fourth-order valence-corrected chi connectivity index (χ4v) is 3.44. The van der Waals surface area contributed by atoms with Crippen LogP contribution in [0.4, 0.5) is 4.39 Å². The van der Waals surface area contributed by atoms with Crippen LogP contribution in [0, 0.1) is 11.2 Å². The molecule has 0 radical (unpaired) electrons. The molecule has 2 aliphatic heterocycles. The third kappa shape index (κ3) is 3.05.